The maximum absolute atomic E-state index is 12.2. The lowest BCUT2D eigenvalue weighted by Gasteiger charge is -2.22. The molecule has 5 nitrogen and oxygen atoms in total. The second-order valence-electron chi connectivity index (χ2n) is 6.32. The summed E-state index contributed by atoms with van der Waals surface area (Å²) in [5.41, 5.74) is 1.47. The summed E-state index contributed by atoms with van der Waals surface area (Å²) in [6.07, 6.45) is 8.73. The molecule has 122 valence electrons. The molecule has 0 spiro atoms. The van der Waals surface area contributed by atoms with Crippen molar-refractivity contribution < 1.29 is 4.79 Å². The predicted octanol–water partition coefficient (Wildman–Crippen LogP) is 2.51. The minimum Gasteiger partial charge on any atom is -0.384 e. The van der Waals surface area contributed by atoms with Gasteiger partial charge in [0.2, 0.25) is 0 Å². The van der Waals surface area contributed by atoms with Crippen LogP contribution in [0.2, 0.25) is 0 Å². The van der Waals surface area contributed by atoms with Gasteiger partial charge in [-0.15, -0.1) is 0 Å². The van der Waals surface area contributed by atoms with Crippen molar-refractivity contribution in [3.63, 3.8) is 0 Å². The van der Waals surface area contributed by atoms with Crippen LogP contribution in [-0.4, -0.2) is 49.0 Å². The Morgan fingerprint density at radius 3 is 2.68 bits per heavy atom. The first-order chi connectivity index (χ1) is 10.6. The lowest BCUT2D eigenvalue weighted by atomic mass is 9.95. The molecule has 0 saturated heterocycles. The van der Waals surface area contributed by atoms with Crippen LogP contribution in [0.3, 0.4) is 0 Å². The summed E-state index contributed by atoms with van der Waals surface area (Å²) in [5.74, 6) is -0.0499. The van der Waals surface area contributed by atoms with Gasteiger partial charge in [0.25, 0.3) is 5.91 Å². The molecule has 0 atom stereocenters. The fourth-order valence-electron chi connectivity index (χ4n) is 2.77. The van der Waals surface area contributed by atoms with Crippen molar-refractivity contribution in [1.29, 1.82) is 0 Å². The van der Waals surface area contributed by atoms with E-state index in [0.717, 1.165) is 38.0 Å². The molecule has 0 radical (unpaired) electrons. The zero-order valence-electron chi connectivity index (χ0n) is 13.8. The standard InChI is InChI=1S/C17H28N4O/c1-21(2)12-6-11-18-15-9-10-16(19-13-15)17(22)20-14-7-4-3-5-8-14/h9-10,13-14,18H,3-8,11-12H2,1-2H3,(H,20,22). The van der Waals surface area contributed by atoms with Gasteiger partial charge in [-0.05, 0) is 52.0 Å². The van der Waals surface area contributed by atoms with E-state index >= 15 is 0 Å². The van der Waals surface area contributed by atoms with Crippen molar-refractivity contribution in [3.8, 4) is 0 Å². The maximum Gasteiger partial charge on any atom is 0.270 e. The van der Waals surface area contributed by atoms with Gasteiger partial charge in [-0.3, -0.25) is 4.79 Å². The molecule has 0 unspecified atom stereocenters. The summed E-state index contributed by atoms with van der Waals surface area (Å²) in [6, 6.07) is 4.05. The predicted molar refractivity (Wildman–Crippen MR) is 90.2 cm³/mol. The third-order valence-corrected chi connectivity index (χ3v) is 4.05. The van der Waals surface area contributed by atoms with Crippen molar-refractivity contribution in [2.45, 2.75) is 44.6 Å². The Kier molecular flexibility index (Phi) is 6.65. The van der Waals surface area contributed by atoms with Crippen LogP contribution in [0.15, 0.2) is 18.3 Å². The molecule has 1 aliphatic carbocycles. The Morgan fingerprint density at radius 2 is 2.05 bits per heavy atom. The zero-order chi connectivity index (χ0) is 15.8. The zero-order valence-corrected chi connectivity index (χ0v) is 13.8. The third kappa shape index (κ3) is 5.64. The summed E-state index contributed by atoms with van der Waals surface area (Å²) in [4.78, 5) is 18.6. The monoisotopic (exact) mass is 304 g/mol. The number of hydrogen-bond donors (Lipinski definition) is 2. The van der Waals surface area contributed by atoms with E-state index in [1.807, 2.05) is 6.07 Å². The highest BCUT2D eigenvalue weighted by atomic mass is 16.1. The minimum atomic E-state index is -0.0499. The van der Waals surface area contributed by atoms with Gasteiger partial charge >= 0.3 is 0 Å². The van der Waals surface area contributed by atoms with Crippen LogP contribution in [0, 0.1) is 0 Å². The third-order valence-electron chi connectivity index (χ3n) is 4.05. The summed E-state index contributed by atoms with van der Waals surface area (Å²) >= 11 is 0. The number of aromatic nitrogens is 1. The molecule has 5 heteroatoms. The Balaban J connectivity index is 1.76. The number of rotatable bonds is 7. The van der Waals surface area contributed by atoms with Crippen LogP contribution in [0.1, 0.15) is 49.0 Å². The number of carbonyl (C=O) groups is 1. The van der Waals surface area contributed by atoms with E-state index in [9.17, 15) is 4.79 Å². The molecule has 1 amide bonds. The number of anilines is 1. The van der Waals surface area contributed by atoms with Crippen molar-refractivity contribution >= 4 is 11.6 Å². The first-order valence-electron chi connectivity index (χ1n) is 8.30. The molecule has 0 aromatic carbocycles. The van der Waals surface area contributed by atoms with Gasteiger partial charge in [-0.1, -0.05) is 19.3 Å². The number of amides is 1. The largest absolute Gasteiger partial charge is 0.384 e. The van der Waals surface area contributed by atoms with E-state index in [0.29, 0.717) is 11.7 Å². The van der Waals surface area contributed by atoms with E-state index in [1.54, 1.807) is 12.3 Å². The summed E-state index contributed by atoms with van der Waals surface area (Å²) in [6.45, 7) is 1.97. The quantitative estimate of drug-likeness (QED) is 0.760. The molecule has 1 saturated carbocycles. The van der Waals surface area contributed by atoms with Crippen LogP contribution in [0.5, 0.6) is 0 Å². The summed E-state index contributed by atoms with van der Waals surface area (Å²) in [7, 11) is 4.14. The fourth-order valence-corrected chi connectivity index (χ4v) is 2.77. The van der Waals surface area contributed by atoms with Crippen LogP contribution in [0.4, 0.5) is 5.69 Å². The molecular formula is C17H28N4O. The molecule has 1 fully saturated rings. The Bertz CT molecular complexity index is 452. The maximum atomic E-state index is 12.2. The highest BCUT2D eigenvalue weighted by Gasteiger charge is 2.17. The van der Waals surface area contributed by atoms with Gasteiger partial charge in [-0.25, -0.2) is 4.98 Å². The van der Waals surface area contributed by atoms with Crippen molar-refractivity contribution in [2.75, 3.05) is 32.5 Å². The van der Waals surface area contributed by atoms with Gasteiger partial charge in [0.05, 0.1) is 11.9 Å². The van der Waals surface area contributed by atoms with Crippen molar-refractivity contribution in [2.24, 2.45) is 0 Å². The van der Waals surface area contributed by atoms with Gasteiger partial charge in [0.15, 0.2) is 0 Å². The highest BCUT2D eigenvalue weighted by molar-refractivity contribution is 5.92. The highest BCUT2D eigenvalue weighted by Crippen LogP contribution is 2.17. The smallest absolute Gasteiger partial charge is 0.270 e. The normalized spacial score (nSPS) is 15.8. The first-order valence-corrected chi connectivity index (χ1v) is 8.30. The molecule has 2 N–H and O–H groups in total. The number of nitrogens with zero attached hydrogens (tertiary/aromatic N) is 2. The van der Waals surface area contributed by atoms with Gasteiger partial charge in [0, 0.05) is 12.6 Å². The van der Waals surface area contributed by atoms with Crippen molar-refractivity contribution in [3.05, 3.63) is 24.0 Å². The minimum absolute atomic E-state index is 0.0499. The first kappa shape index (κ1) is 16.7. The number of carbonyl (C=O) groups excluding carboxylic acids is 1. The molecular weight excluding hydrogens is 276 g/mol. The van der Waals surface area contributed by atoms with Crippen LogP contribution in [-0.2, 0) is 0 Å². The number of hydrogen-bond acceptors (Lipinski definition) is 4. The molecule has 1 aromatic rings. The molecule has 1 aromatic heterocycles. The SMILES string of the molecule is CN(C)CCCNc1ccc(C(=O)NC2CCCCC2)nc1. The molecule has 1 aliphatic rings. The average molecular weight is 304 g/mol. The Morgan fingerprint density at radius 1 is 1.27 bits per heavy atom. The molecule has 22 heavy (non-hydrogen) atoms. The molecule has 0 aliphatic heterocycles. The Hall–Kier alpha value is -1.62. The van der Waals surface area contributed by atoms with Crippen LogP contribution >= 0.6 is 0 Å². The lowest BCUT2D eigenvalue weighted by Crippen LogP contribution is -2.36. The van der Waals surface area contributed by atoms with E-state index in [1.165, 1.54) is 19.3 Å². The van der Waals surface area contributed by atoms with E-state index in [-0.39, 0.29) is 5.91 Å². The van der Waals surface area contributed by atoms with E-state index < -0.39 is 0 Å². The van der Waals surface area contributed by atoms with Gasteiger partial charge in [-0.2, -0.15) is 0 Å². The Labute approximate surface area is 133 Å². The summed E-state index contributed by atoms with van der Waals surface area (Å²) < 4.78 is 0. The van der Waals surface area contributed by atoms with Gasteiger partial charge in [0.1, 0.15) is 5.69 Å². The average Bonchev–Trinajstić information content (AvgIpc) is 2.53. The van der Waals surface area contributed by atoms with E-state index in [4.69, 9.17) is 0 Å². The number of nitrogens with one attached hydrogen (secondary N) is 2. The topological polar surface area (TPSA) is 57.3 Å². The molecule has 0 bridgehead atoms. The summed E-state index contributed by atoms with van der Waals surface area (Å²) in [5, 5.41) is 6.42. The second kappa shape index (κ2) is 8.73. The molecule has 1 heterocycles. The van der Waals surface area contributed by atoms with Crippen LogP contribution < -0.4 is 10.6 Å². The second-order valence-corrected chi connectivity index (χ2v) is 6.32. The van der Waals surface area contributed by atoms with Crippen molar-refractivity contribution in [1.82, 2.24) is 15.2 Å². The fraction of sp³-hybridized carbons (Fsp3) is 0.647. The van der Waals surface area contributed by atoms with Gasteiger partial charge < -0.3 is 15.5 Å². The van der Waals surface area contributed by atoms with Crippen LogP contribution in [0.25, 0.3) is 0 Å². The molecule has 2 rings (SSSR count). The number of pyridine rings is 1. The lowest BCUT2D eigenvalue weighted by molar-refractivity contribution is 0.0922. The van der Waals surface area contributed by atoms with E-state index in [2.05, 4.69) is 34.6 Å².